The Bertz CT molecular complexity index is 641. The lowest BCUT2D eigenvalue weighted by Gasteiger charge is -2.31. The van der Waals surface area contributed by atoms with Crippen molar-refractivity contribution in [2.24, 2.45) is 5.92 Å². The Hall–Kier alpha value is -1.40. The molecule has 1 aliphatic heterocycles. The molecule has 0 bridgehead atoms. The van der Waals surface area contributed by atoms with Crippen molar-refractivity contribution < 1.29 is 13.2 Å². The number of sulfonamides is 1. The molecule has 1 aliphatic rings. The lowest BCUT2D eigenvalue weighted by molar-refractivity contribution is 0.0683. The molecule has 0 aromatic heterocycles. The predicted octanol–water partition coefficient (Wildman–Crippen LogP) is 3.03. The van der Waals surface area contributed by atoms with Crippen LogP contribution in [0.15, 0.2) is 29.2 Å². The molecule has 0 radical (unpaired) electrons. The Balaban J connectivity index is 2.00. The summed E-state index contributed by atoms with van der Waals surface area (Å²) >= 11 is 0. The van der Waals surface area contributed by atoms with Gasteiger partial charge in [-0.1, -0.05) is 26.7 Å². The number of hydrogen-bond donors (Lipinski definition) is 1. The molecular formula is C18H28N2O3S. The van der Waals surface area contributed by atoms with Crippen LogP contribution in [0.3, 0.4) is 0 Å². The second kappa shape index (κ2) is 8.62. The monoisotopic (exact) mass is 352 g/mol. The first kappa shape index (κ1) is 18.9. The lowest BCUT2D eigenvalue weighted by Crippen LogP contribution is -2.39. The van der Waals surface area contributed by atoms with Crippen molar-refractivity contribution in [2.45, 2.75) is 50.8 Å². The smallest absolute Gasteiger partial charge is 0.253 e. The Morgan fingerprint density at radius 2 is 1.96 bits per heavy atom. The first-order chi connectivity index (χ1) is 11.4. The fraction of sp³-hybridized carbons (Fsp3) is 0.611. The fourth-order valence-electron chi connectivity index (χ4n) is 3.00. The standard InChI is InChI=1S/C18H28N2O3S/c1-3-4-5-12-19-24(22,23)17-10-8-16(9-11-17)18(21)20-13-6-7-15(2)14-20/h8-11,15,19H,3-7,12-14H2,1-2H3. The van der Waals surface area contributed by atoms with Gasteiger partial charge >= 0.3 is 0 Å². The van der Waals surface area contributed by atoms with Gasteiger partial charge in [-0.3, -0.25) is 4.79 Å². The van der Waals surface area contributed by atoms with Gasteiger partial charge in [-0.2, -0.15) is 0 Å². The Kier molecular flexibility index (Phi) is 6.80. The van der Waals surface area contributed by atoms with Crippen LogP contribution in [0.4, 0.5) is 0 Å². The molecule has 0 spiro atoms. The summed E-state index contributed by atoms with van der Waals surface area (Å²) in [5, 5.41) is 0. The van der Waals surface area contributed by atoms with E-state index in [1.807, 2.05) is 4.90 Å². The van der Waals surface area contributed by atoms with Crippen LogP contribution in [0, 0.1) is 5.92 Å². The van der Waals surface area contributed by atoms with Crippen molar-refractivity contribution in [1.82, 2.24) is 9.62 Å². The van der Waals surface area contributed by atoms with Crippen molar-refractivity contribution in [3.63, 3.8) is 0 Å². The summed E-state index contributed by atoms with van der Waals surface area (Å²) in [5.41, 5.74) is 0.550. The maximum absolute atomic E-state index is 12.5. The minimum atomic E-state index is -3.49. The van der Waals surface area contributed by atoms with E-state index in [2.05, 4.69) is 18.6 Å². The third-order valence-corrected chi connectivity index (χ3v) is 5.91. The predicted molar refractivity (Wildman–Crippen MR) is 95.5 cm³/mol. The van der Waals surface area contributed by atoms with Crippen molar-refractivity contribution in [3.05, 3.63) is 29.8 Å². The zero-order valence-corrected chi connectivity index (χ0v) is 15.4. The molecule has 1 aromatic rings. The van der Waals surface area contributed by atoms with E-state index in [1.165, 1.54) is 12.1 Å². The third-order valence-electron chi connectivity index (χ3n) is 4.43. The molecule has 1 amide bonds. The molecule has 134 valence electrons. The Morgan fingerprint density at radius 3 is 2.58 bits per heavy atom. The largest absolute Gasteiger partial charge is 0.338 e. The van der Waals surface area contributed by atoms with Crippen LogP contribution >= 0.6 is 0 Å². The number of carbonyl (C=O) groups excluding carboxylic acids is 1. The first-order valence-corrected chi connectivity index (χ1v) is 10.3. The summed E-state index contributed by atoms with van der Waals surface area (Å²) in [4.78, 5) is 14.6. The number of rotatable bonds is 7. The quantitative estimate of drug-likeness (QED) is 0.767. The molecule has 1 aromatic carbocycles. The summed E-state index contributed by atoms with van der Waals surface area (Å²) in [7, 11) is -3.49. The van der Waals surface area contributed by atoms with Gasteiger partial charge in [0.25, 0.3) is 5.91 Å². The highest BCUT2D eigenvalue weighted by atomic mass is 32.2. The van der Waals surface area contributed by atoms with Crippen LogP contribution in [0.5, 0.6) is 0 Å². The van der Waals surface area contributed by atoms with Crippen LogP contribution in [-0.2, 0) is 10.0 Å². The highest BCUT2D eigenvalue weighted by Gasteiger charge is 2.22. The van der Waals surface area contributed by atoms with E-state index in [4.69, 9.17) is 0 Å². The minimum Gasteiger partial charge on any atom is -0.338 e. The van der Waals surface area contributed by atoms with Gasteiger partial charge in [0.05, 0.1) is 4.90 Å². The van der Waals surface area contributed by atoms with E-state index in [0.717, 1.165) is 45.2 Å². The normalized spacial score (nSPS) is 18.6. The first-order valence-electron chi connectivity index (χ1n) is 8.83. The minimum absolute atomic E-state index is 0.0126. The van der Waals surface area contributed by atoms with Crippen molar-refractivity contribution >= 4 is 15.9 Å². The average Bonchev–Trinajstić information content (AvgIpc) is 2.58. The molecule has 5 nitrogen and oxygen atoms in total. The molecule has 1 saturated heterocycles. The second-order valence-corrected chi connectivity index (χ2v) is 8.39. The molecule has 2 rings (SSSR count). The highest BCUT2D eigenvalue weighted by Crippen LogP contribution is 2.19. The maximum atomic E-state index is 12.5. The highest BCUT2D eigenvalue weighted by molar-refractivity contribution is 7.89. The van der Waals surface area contributed by atoms with Crippen LogP contribution in [-0.4, -0.2) is 38.9 Å². The van der Waals surface area contributed by atoms with Crippen LogP contribution in [0.2, 0.25) is 0 Å². The zero-order valence-electron chi connectivity index (χ0n) is 14.6. The molecule has 0 aliphatic carbocycles. The number of nitrogens with one attached hydrogen (secondary N) is 1. The fourth-order valence-corrected chi connectivity index (χ4v) is 4.07. The van der Waals surface area contributed by atoms with Crippen molar-refractivity contribution in [1.29, 1.82) is 0 Å². The van der Waals surface area contributed by atoms with Crippen LogP contribution in [0.25, 0.3) is 0 Å². The second-order valence-electron chi connectivity index (χ2n) is 6.63. The third kappa shape index (κ3) is 5.05. The van der Waals surface area contributed by atoms with Gasteiger partial charge in [0.1, 0.15) is 0 Å². The SMILES string of the molecule is CCCCCNS(=O)(=O)c1ccc(C(=O)N2CCCC(C)C2)cc1. The van der Waals surface area contributed by atoms with Crippen LogP contribution < -0.4 is 4.72 Å². The molecule has 1 fully saturated rings. The molecular weight excluding hydrogens is 324 g/mol. The van der Waals surface area contributed by atoms with E-state index in [9.17, 15) is 13.2 Å². The number of hydrogen-bond acceptors (Lipinski definition) is 3. The Morgan fingerprint density at radius 1 is 1.25 bits per heavy atom. The van der Waals surface area contributed by atoms with E-state index in [-0.39, 0.29) is 10.8 Å². The molecule has 1 unspecified atom stereocenters. The van der Waals surface area contributed by atoms with E-state index in [1.54, 1.807) is 12.1 Å². The van der Waals surface area contributed by atoms with Gasteiger partial charge in [0, 0.05) is 25.2 Å². The summed E-state index contributed by atoms with van der Waals surface area (Å²) in [6, 6.07) is 6.26. The lowest BCUT2D eigenvalue weighted by atomic mass is 9.99. The summed E-state index contributed by atoms with van der Waals surface area (Å²) in [5.74, 6) is 0.510. The molecule has 1 heterocycles. The summed E-state index contributed by atoms with van der Waals surface area (Å²) < 4.78 is 27.0. The number of amides is 1. The van der Waals surface area contributed by atoms with E-state index in [0.29, 0.717) is 18.0 Å². The van der Waals surface area contributed by atoms with Gasteiger partial charge in [0.2, 0.25) is 10.0 Å². The number of unbranched alkanes of at least 4 members (excludes halogenated alkanes) is 2. The average molecular weight is 353 g/mol. The molecule has 6 heteroatoms. The number of carbonyl (C=O) groups is 1. The number of likely N-dealkylation sites (tertiary alicyclic amines) is 1. The van der Waals surface area contributed by atoms with Gasteiger partial charge in [-0.05, 0) is 49.4 Å². The number of piperidine rings is 1. The molecule has 1 N–H and O–H groups in total. The molecule has 1 atom stereocenters. The molecule has 0 saturated carbocycles. The van der Waals surface area contributed by atoms with Gasteiger partial charge in [-0.25, -0.2) is 13.1 Å². The van der Waals surface area contributed by atoms with Gasteiger partial charge < -0.3 is 4.90 Å². The van der Waals surface area contributed by atoms with E-state index >= 15 is 0 Å². The van der Waals surface area contributed by atoms with E-state index < -0.39 is 10.0 Å². The zero-order chi connectivity index (χ0) is 17.6. The maximum Gasteiger partial charge on any atom is 0.253 e. The number of nitrogens with zero attached hydrogens (tertiary/aromatic N) is 1. The van der Waals surface area contributed by atoms with Crippen LogP contribution in [0.1, 0.15) is 56.3 Å². The summed E-state index contributed by atoms with van der Waals surface area (Å²) in [6.07, 6.45) is 5.07. The molecule has 24 heavy (non-hydrogen) atoms. The Labute approximate surface area is 145 Å². The topological polar surface area (TPSA) is 66.5 Å². The van der Waals surface area contributed by atoms with Gasteiger partial charge in [-0.15, -0.1) is 0 Å². The summed E-state index contributed by atoms with van der Waals surface area (Å²) in [6.45, 7) is 6.23. The van der Waals surface area contributed by atoms with Gasteiger partial charge in [0.15, 0.2) is 0 Å². The number of benzene rings is 1. The van der Waals surface area contributed by atoms with Crippen molar-refractivity contribution in [2.75, 3.05) is 19.6 Å². The van der Waals surface area contributed by atoms with Crippen molar-refractivity contribution in [3.8, 4) is 0 Å².